The minimum Gasteiger partial charge on any atom is -0.493 e. The summed E-state index contributed by atoms with van der Waals surface area (Å²) in [5.74, 6) is 1.13. The van der Waals surface area contributed by atoms with E-state index in [4.69, 9.17) is 9.47 Å². The third-order valence-electron chi connectivity index (χ3n) is 5.34. The summed E-state index contributed by atoms with van der Waals surface area (Å²) in [5.41, 5.74) is 3.54. The Morgan fingerprint density at radius 1 is 0.903 bits per heavy atom. The third kappa shape index (κ3) is 4.01. The van der Waals surface area contributed by atoms with E-state index in [1.165, 1.54) is 4.41 Å². The Kier molecular flexibility index (Phi) is 5.69. The van der Waals surface area contributed by atoms with Crippen LogP contribution in [0.1, 0.15) is 29.2 Å². The van der Waals surface area contributed by atoms with Crippen LogP contribution in [0, 0.1) is 6.92 Å². The lowest BCUT2D eigenvalue weighted by atomic mass is 9.98. The van der Waals surface area contributed by atoms with Crippen molar-refractivity contribution in [3.63, 3.8) is 0 Å². The molecule has 0 saturated heterocycles. The molecule has 1 aliphatic rings. The second-order valence-electron chi connectivity index (χ2n) is 7.34. The van der Waals surface area contributed by atoms with Gasteiger partial charge in [-0.15, -0.1) is 0 Å². The monoisotopic (exact) mass is 436 g/mol. The van der Waals surface area contributed by atoms with Gasteiger partial charge in [0.05, 0.1) is 30.9 Å². The van der Waals surface area contributed by atoms with Crippen molar-refractivity contribution in [2.45, 2.75) is 24.3 Å². The molecular weight excluding hydrogens is 412 g/mol. The van der Waals surface area contributed by atoms with Gasteiger partial charge in [0.1, 0.15) is 0 Å². The van der Waals surface area contributed by atoms with Crippen LogP contribution in [0.15, 0.2) is 82.8 Å². The predicted molar refractivity (Wildman–Crippen MR) is 120 cm³/mol. The van der Waals surface area contributed by atoms with Gasteiger partial charge in [-0.2, -0.15) is 17.9 Å². The Morgan fingerprint density at radius 2 is 1.58 bits per heavy atom. The third-order valence-corrected chi connectivity index (χ3v) is 7.03. The number of hydrogen-bond donors (Lipinski definition) is 0. The lowest BCUT2D eigenvalue weighted by Crippen LogP contribution is -2.27. The molecule has 0 spiro atoms. The fraction of sp³-hybridized carbons (Fsp3) is 0.208. The van der Waals surface area contributed by atoms with Crippen LogP contribution in [0.3, 0.4) is 0 Å². The van der Waals surface area contributed by atoms with Crippen molar-refractivity contribution >= 4 is 15.7 Å². The Bertz CT molecular complexity index is 1210. The van der Waals surface area contributed by atoms with Crippen molar-refractivity contribution in [2.75, 3.05) is 14.2 Å². The second-order valence-corrected chi connectivity index (χ2v) is 9.13. The molecule has 1 aliphatic heterocycles. The van der Waals surface area contributed by atoms with Gasteiger partial charge in [0.2, 0.25) is 0 Å². The van der Waals surface area contributed by atoms with Crippen molar-refractivity contribution in [1.29, 1.82) is 0 Å². The van der Waals surface area contributed by atoms with Crippen molar-refractivity contribution in [1.82, 2.24) is 4.41 Å². The number of methoxy groups -OCH3 is 2. The highest BCUT2D eigenvalue weighted by Crippen LogP contribution is 2.40. The van der Waals surface area contributed by atoms with Crippen molar-refractivity contribution in [3.8, 4) is 11.5 Å². The van der Waals surface area contributed by atoms with Gasteiger partial charge in [-0.05, 0) is 42.3 Å². The molecule has 0 unspecified atom stereocenters. The normalized spacial score (nSPS) is 16.2. The molecule has 7 heteroatoms. The number of aryl methyl sites for hydroxylation is 1. The lowest BCUT2D eigenvalue weighted by molar-refractivity contribution is 0.348. The van der Waals surface area contributed by atoms with Crippen molar-refractivity contribution < 1.29 is 17.9 Å². The van der Waals surface area contributed by atoms with Gasteiger partial charge in [-0.1, -0.05) is 54.1 Å². The number of rotatable bonds is 6. The summed E-state index contributed by atoms with van der Waals surface area (Å²) >= 11 is 0. The van der Waals surface area contributed by atoms with Crippen LogP contribution in [0.2, 0.25) is 0 Å². The van der Waals surface area contributed by atoms with Gasteiger partial charge in [0, 0.05) is 6.42 Å². The first kappa shape index (κ1) is 20.9. The highest BCUT2D eigenvalue weighted by atomic mass is 32.2. The maximum Gasteiger partial charge on any atom is 0.279 e. The van der Waals surface area contributed by atoms with E-state index in [0.29, 0.717) is 17.9 Å². The van der Waals surface area contributed by atoms with Gasteiger partial charge in [-0.25, -0.2) is 0 Å². The Morgan fingerprint density at radius 3 is 2.23 bits per heavy atom. The summed E-state index contributed by atoms with van der Waals surface area (Å²) in [6.07, 6.45) is 0.449. The number of nitrogens with zero attached hydrogens (tertiary/aromatic N) is 2. The van der Waals surface area contributed by atoms with Crippen LogP contribution in [0.5, 0.6) is 11.5 Å². The van der Waals surface area contributed by atoms with E-state index in [1.54, 1.807) is 50.6 Å². The van der Waals surface area contributed by atoms with E-state index >= 15 is 0 Å². The van der Waals surface area contributed by atoms with Gasteiger partial charge >= 0.3 is 0 Å². The molecule has 1 heterocycles. The summed E-state index contributed by atoms with van der Waals surface area (Å²) in [4.78, 5) is 0.203. The summed E-state index contributed by atoms with van der Waals surface area (Å²) < 4.78 is 39.0. The molecule has 0 aliphatic carbocycles. The molecule has 3 aromatic carbocycles. The van der Waals surface area contributed by atoms with Crippen LogP contribution in [0.4, 0.5) is 0 Å². The summed E-state index contributed by atoms with van der Waals surface area (Å²) in [6.45, 7) is 2.01. The predicted octanol–water partition coefficient (Wildman–Crippen LogP) is 4.55. The standard InChI is InChI=1S/C24H24N2O4S/c1-17-9-11-18(12-10-17)21-16-22(19-13-14-23(29-2)24(15-19)30-3)26(25-21)31(27,28)20-7-5-4-6-8-20/h4-15,22H,16H2,1-3H3/t22-/m0/s1. The molecule has 0 bridgehead atoms. The molecule has 0 saturated carbocycles. The molecule has 4 rings (SSSR count). The Labute approximate surface area is 182 Å². The highest BCUT2D eigenvalue weighted by molar-refractivity contribution is 7.89. The number of sulfonamides is 1. The average molecular weight is 437 g/mol. The van der Waals surface area contributed by atoms with E-state index in [0.717, 1.165) is 22.4 Å². The molecule has 1 atom stereocenters. The fourth-order valence-electron chi connectivity index (χ4n) is 3.64. The van der Waals surface area contributed by atoms with Gasteiger partial charge in [0.25, 0.3) is 10.0 Å². The van der Waals surface area contributed by atoms with E-state index in [1.807, 2.05) is 43.3 Å². The van der Waals surface area contributed by atoms with Crippen LogP contribution in [0.25, 0.3) is 0 Å². The van der Waals surface area contributed by atoms with Crippen LogP contribution < -0.4 is 9.47 Å². The van der Waals surface area contributed by atoms with Crippen LogP contribution >= 0.6 is 0 Å². The molecule has 0 fully saturated rings. The minimum absolute atomic E-state index is 0.203. The second kappa shape index (κ2) is 8.43. The molecule has 3 aromatic rings. The summed E-state index contributed by atoms with van der Waals surface area (Å²) in [5, 5.41) is 4.58. The quantitative estimate of drug-likeness (QED) is 0.568. The van der Waals surface area contributed by atoms with Gasteiger partial charge in [0.15, 0.2) is 11.5 Å². The van der Waals surface area contributed by atoms with E-state index in [2.05, 4.69) is 5.10 Å². The highest BCUT2D eigenvalue weighted by Gasteiger charge is 2.38. The van der Waals surface area contributed by atoms with Crippen LogP contribution in [-0.4, -0.2) is 32.8 Å². The first-order valence-corrected chi connectivity index (χ1v) is 11.3. The molecular formula is C24H24N2O4S. The zero-order valence-corrected chi connectivity index (χ0v) is 18.5. The maximum atomic E-state index is 13.5. The zero-order valence-electron chi connectivity index (χ0n) is 17.6. The molecule has 31 heavy (non-hydrogen) atoms. The number of hydrazone groups is 1. The summed E-state index contributed by atoms with van der Waals surface area (Å²) in [7, 11) is -0.721. The fourth-order valence-corrected chi connectivity index (χ4v) is 5.09. The molecule has 0 N–H and O–H groups in total. The minimum atomic E-state index is -3.85. The first-order chi connectivity index (χ1) is 14.9. The largest absolute Gasteiger partial charge is 0.493 e. The van der Waals surface area contributed by atoms with Crippen molar-refractivity contribution in [3.05, 3.63) is 89.5 Å². The van der Waals surface area contributed by atoms with Gasteiger partial charge < -0.3 is 9.47 Å². The van der Waals surface area contributed by atoms with Crippen molar-refractivity contribution in [2.24, 2.45) is 5.10 Å². The zero-order chi connectivity index (χ0) is 22.0. The molecule has 6 nitrogen and oxygen atoms in total. The number of benzene rings is 3. The van der Waals surface area contributed by atoms with E-state index < -0.39 is 16.1 Å². The average Bonchev–Trinajstić information content (AvgIpc) is 3.26. The van der Waals surface area contributed by atoms with Gasteiger partial charge in [-0.3, -0.25) is 0 Å². The first-order valence-electron chi connectivity index (χ1n) is 9.90. The Hall–Kier alpha value is -3.32. The number of ether oxygens (including phenoxy) is 2. The van der Waals surface area contributed by atoms with E-state index in [9.17, 15) is 8.42 Å². The summed E-state index contributed by atoms with van der Waals surface area (Å²) in [6, 6.07) is 21.3. The Balaban J connectivity index is 1.81. The molecule has 0 amide bonds. The molecule has 0 radical (unpaired) electrons. The topological polar surface area (TPSA) is 68.2 Å². The molecule has 0 aromatic heterocycles. The van der Waals surface area contributed by atoms with E-state index in [-0.39, 0.29) is 4.90 Å². The molecule has 160 valence electrons. The van der Waals surface area contributed by atoms with Crippen LogP contribution in [-0.2, 0) is 10.0 Å². The SMILES string of the molecule is COc1ccc([C@@H]2CC(c3ccc(C)cc3)=NN2S(=O)(=O)c2ccccc2)cc1OC. The lowest BCUT2D eigenvalue weighted by Gasteiger charge is -2.24. The smallest absolute Gasteiger partial charge is 0.279 e. The number of hydrogen-bond acceptors (Lipinski definition) is 5. The maximum absolute atomic E-state index is 13.5.